The number of hydrogen-bond acceptors (Lipinski definition) is 4. The van der Waals surface area contributed by atoms with E-state index in [1.807, 2.05) is 0 Å². The molecular formula is C25H16ClF5NNaO3. The molecule has 1 aromatic heterocycles. The first kappa shape index (κ1) is 28.1. The number of carbonyl (C=O) groups excluding carboxylic acids is 1. The van der Waals surface area contributed by atoms with E-state index < -0.39 is 34.9 Å². The van der Waals surface area contributed by atoms with E-state index in [-0.39, 0.29) is 63.8 Å². The Balaban J connectivity index is 0.00000361. The van der Waals surface area contributed by atoms with E-state index in [1.54, 1.807) is 0 Å². The molecule has 11 heteroatoms. The molecular weight excluding hydrogens is 516 g/mol. The van der Waals surface area contributed by atoms with Crippen molar-refractivity contribution in [3.63, 3.8) is 0 Å². The molecule has 2 aromatic carbocycles. The largest absolute Gasteiger partial charge is 1.00 e. The van der Waals surface area contributed by atoms with Crippen molar-refractivity contribution in [2.45, 2.75) is 32.0 Å². The number of carbonyl (C=O) groups is 1. The van der Waals surface area contributed by atoms with E-state index in [2.05, 4.69) is 4.98 Å². The summed E-state index contributed by atoms with van der Waals surface area (Å²) in [5.41, 5.74) is -0.196. The van der Waals surface area contributed by atoms with Crippen LogP contribution >= 0.6 is 11.6 Å². The minimum Gasteiger partial charge on any atom is -0.545 e. The first-order valence-electron chi connectivity index (χ1n) is 10.4. The quantitative estimate of drug-likeness (QED) is 0.362. The van der Waals surface area contributed by atoms with Crippen LogP contribution in [0.25, 0.3) is 11.1 Å². The van der Waals surface area contributed by atoms with Gasteiger partial charge in [-0.3, -0.25) is 0 Å². The normalized spacial score (nSPS) is 13.5. The molecule has 0 radical (unpaired) electrons. The molecule has 0 amide bonds. The molecule has 1 aliphatic rings. The summed E-state index contributed by atoms with van der Waals surface area (Å²) in [6.45, 7) is -0.328. The van der Waals surface area contributed by atoms with Gasteiger partial charge < -0.3 is 14.6 Å². The minimum absolute atomic E-state index is 0. The number of alkyl halides is 3. The molecule has 0 spiro atoms. The summed E-state index contributed by atoms with van der Waals surface area (Å²) >= 11 is 5.75. The van der Waals surface area contributed by atoms with Crippen LogP contribution in [0.15, 0.2) is 48.7 Å². The second-order valence-corrected chi connectivity index (χ2v) is 8.36. The minimum atomic E-state index is -4.69. The van der Waals surface area contributed by atoms with Crippen LogP contribution in [-0.4, -0.2) is 11.0 Å². The molecule has 0 N–H and O–H groups in total. The zero-order valence-corrected chi connectivity index (χ0v) is 21.6. The van der Waals surface area contributed by atoms with Gasteiger partial charge in [-0.25, -0.2) is 13.8 Å². The van der Waals surface area contributed by atoms with E-state index >= 15 is 0 Å². The van der Waals surface area contributed by atoms with Gasteiger partial charge in [-0.2, -0.15) is 13.2 Å². The van der Waals surface area contributed by atoms with Crippen LogP contribution in [0.2, 0.25) is 5.02 Å². The Kier molecular flexibility index (Phi) is 8.82. The first-order chi connectivity index (χ1) is 16.5. The third-order valence-corrected chi connectivity index (χ3v) is 5.82. The third kappa shape index (κ3) is 6.26. The summed E-state index contributed by atoms with van der Waals surface area (Å²) in [5, 5.41) is 11.4. The van der Waals surface area contributed by atoms with Gasteiger partial charge in [0.05, 0.1) is 11.5 Å². The number of nitrogens with zero attached hydrogens (tertiary/aromatic N) is 1. The van der Waals surface area contributed by atoms with Crippen LogP contribution in [0.1, 0.15) is 51.9 Å². The second kappa shape index (κ2) is 11.3. The van der Waals surface area contributed by atoms with E-state index in [4.69, 9.17) is 16.3 Å². The second-order valence-electron chi connectivity index (χ2n) is 7.93. The molecule has 36 heavy (non-hydrogen) atoms. The zero-order chi connectivity index (χ0) is 25.3. The predicted octanol–water partition coefficient (Wildman–Crippen LogP) is 3.07. The molecule has 182 valence electrons. The Morgan fingerprint density at radius 3 is 2.44 bits per heavy atom. The van der Waals surface area contributed by atoms with Gasteiger partial charge in [0.25, 0.3) is 0 Å². The van der Waals surface area contributed by atoms with E-state index in [0.29, 0.717) is 36.6 Å². The molecule has 4 rings (SSSR count). The Morgan fingerprint density at radius 2 is 1.78 bits per heavy atom. The Hall–Kier alpha value is -2.46. The van der Waals surface area contributed by atoms with Crippen LogP contribution < -0.4 is 39.4 Å². The van der Waals surface area contributed by atoms with Crippen LogP contribution in [-0.2, 0) is 12.8 Å². The Bertz CT molecular complexity index is 1340. The predicted molar refractivity (Wildman–Crippen MR) is 116 cm³/mol. The average Bonchev–Trinajstić information content (AvgIpc) is 3.27. The van der Waals surface area contributed by atoms with E-state index in [0.717, 1.165) is 24.3 Å². The summed E-state index contributed by atoms with van der Waals surface area (Å²) in [7, 11) is 0. The average molecular weight is 532 g/mol. The Labute approximate surface area is 230 Å². The number of rotatable bonds is 6. The SMILES string of the molecule is O=C([O-])c1cc(F)cc(C2=C(c3cc(C(F)(F)F)cnc3OCc3ccc(Cl)cc3F)CCC2)c1.[Na+]. The fraction of sp³-hybridized carbons (Fsp3) is 0.200. The first-order valence-corrected chi connectivity index (χ1v) is 10.8. The molecule has 0 bridgehead atoms. The summed E-state index contributed by atoms with van der Waals surface area (Å²) in [6.07, 6.45) is -2.86. The van der Waals surface area contributed by atoms with Crippen molar-refractivity contribution in [3.05, 3.63) is 93.1 Å². The van der Waals surface area contributed by atoms with Gasteiger partial charge in [0, 0.05) is 27.9 Å². The van der Waals surface area contributed by atoms with Crippen molar-refractivity contribution in [1.29, 1.82) is 0 Å². The molecule has 1 heterocycles. The van der Waals surface area contributed by atoms with Gasteiger partial charge in [0.1, 0.15) is 18.2 Å². The molecule has 0 saturated carbocycles. The van der Waals surface area contributed by atoms with Crippen LogP contribution in [0.5, 0.6) is 5.88 Å². The van der Waals surface area contributed by atoms with Crippen LogP contribution in [0.3, 0.4) is 0 Å². The maximum atomic E-state index is 14.2. The Morgan fingerprint density at radius 1 is 1.06 bits per heavy atom. The van der Waals surface area contributed by atoms with Gasteiger partial charge in [0.15, 0.2) is 0 Å². The number of benzene rings is 2. The smallest absolute Gasteiger partial charge is 0.545 e. The molecule has 4 nitrogen and oxygen atoms in total. The molecule has 3 aromatic rings. The van der Waals surface area contributed by atoms with E-state index in [1.165, 1.54) is 18.2 Å². The number of hydrogen-bond donors (Lipinski definition) is 0. The maximum absolute atomic E-state index is 14.2. The summed E-state index contributed by atoms with van der Waals surface area (Å²) in [4.78, 5) is 15.1. The fourth-order valence-electron chi connectivity index (χ4n) is 3.96. The molecule has 0 unspecified atom stereocenters. The van der Waals surface area contributed by atoms with Crippen molar-refractivity contribution < 1.29 is 66.1 Å². The van der Waals surface area contributed by atoms with Gasteiger partial charge in [-0.05, 0) is 72.4 Å². The summed E-state index contributed by atoms with van der Waals surface area (Å²) in [5.74, 6) is -3.22. The zero-order valence-electron chi connectivity index (χ0n) is 18.9. The van der Waals surface area contributed by atoms with Crippen molar-refractivity contribution >= 4 is 28.7 Å². The van der Waals surface area contributed by atoms with E-state index in [9.17, 15) is 31.9 Å². The number of carboxylic acids is 1. The van der Waals surface area contributed by atoms with Crippen molar-refractivity contribution in [2.75, 3.05) is 0 Å². The number of aromatic carboxylic acids is 1. The maximum Gasteiger partial charge on any atom is 1.00 e. The standard InChI is InChI=1S/C25H17ClF5NO3.Na/c26-17-5-4-13(22(28)10-17)12-35-23-21(9-16(11-32-23)25(29,30)31)20-3-1-2-19(20)14-6-15(24(33)34)8-18(27)7-14;/h4-11H,1-3,12H2,(H,33,34);/q;+1/p-1. The molecule has 0 fully saturated rings. The fourth-order valence-corrected chi connectivity index (χ4v) is 4.12. The molecule has 0 atom stereocenters. The van der Waals surface area contributed by atoms with Crippen molar-refractivity contribution in [3.8, 4) is 5.88 Å². The number of halogens is 6. The third-order valence-electron chi connectivity index (χ3n) is 5.58. The van der Waals surface area contributed by atoms with Gasteiger partial charge >= 0.3 is 35.7 Å². The van der Waals surface area contributed by atoms with Crippen LogP contribution in [0, 0.1) is 11.6 Å². The number of pyridine rings is 1. The van der Waals surface area contributed by atoms with Crippen molar-refractivity contribution in [1.82, 2.24) is 4.98 Å². The monoisotopic (exact) mass is 531 g/mol. The van der Waals surface area contributed by atoms with Gasteiger partial charge in [-0.15, -0.1) is 0 Å². The molecule has 0 aliphatic heterocycles. The number of carboxylic acid groups (broad SMARTS) is 1. The van der Waals surface area contributed by atoms with Gasteiger partial charge in [-0.1, -0.05) is 17.7 Å². The number of aromatic nitrogens is 1. The number of ether oxygens (including phenoxy) is 1. The number of allylic oxidation sites excluding steroid dienone is 2. The van der Waals surface area contributed by atoms with Crippen LogP contribution in [0.4, 0.5) is 22.0 Å². The molecule has 1 aliphatic carbocycles. The summed E-state index contributed by atoms with van der Waals surface area (Å²) in [6, 6.07) is 7.91. The van der Waals surface area contributed by atoms with Gasteiger partial charge in [0.2, 0.25) is 5.88 Å². The topological polar surface area (TPSA) is 62.2 Å². The summed E-state index contributed by atoms with van der Waals surface area (Å²) < 4.78 is 74.3. The molecule has 0 saturated heterocycles. The van der Waals surface area contributed by atoms with Crippen molar-refractivity contribution in [2.24, 2.45) is 0 Å².